The first-order chi connectivity index (χ1) is 7.25. The van der Waals surface area contributed by atoms with Crippen LogP contribution in [0.2, 0.25) is 0 Å². The average molecular weight is 205 g/mol. The summed E-state index contributed by atoms with van der Waals surface area (Å²) in [6.07, 6.45) is 4.79. The second-order valence-corrected chi connectivity index (χ2v) is 3.89. The Labute approximate surface area is 89.2 Å². The maximum absolute atomic E-state index is 10.6. The Morgan fingerprint density at radius 1 is 1.27 bits per heavy atom. The molecule has 1 amide bonds. The number of carbonyl (C=O) groups is 1. The Morgan fingerprint density at radius 2 is 2.00 bits per heavy atom. The van der Waals surface area contributed by atoms with Crippen LogP contribution >= 0.6 is 0 Å². The minimum atomic E-state index is -0.437. The molecule has 0 atom stereocenters. The van der Waals surface area contributed by atoms with Crippen molar-refractivity contribution in [1.82, 2.24) is 0 Å². The number of fused-ring (bicyclic) bond motifs is 1. The third-order valence-corrected chi connectivity index (χ3v) is 2.70. The third-order valence-electron chi connectivity index (χ3n) is 2.70. The lowest BCUT2D eigenvalue weighted by Crippen LogP contribution is -2.20. The Balaban J connectivity index is 2.10. The normalized spacial score (nSPS) is 14.4. The molecule has 0 radical (unpaired) electrons. The molecule has 80 valence electrons. The first-order valence-electron chi connectivity index (χ1n) is 5.28. The molecule has 1 aromatic carbocycles. The molecule has 1 aliphatic carbocycles. The van der Waals surface area contributed by atoms with Crippen LogP contribution in [-0.2, 0) is 17.6 Å². The summed E-state index contributed by atoms with van der Waals surface area (Å²) in [6.45, 7) is -0.0429. The molecule has 0 aromatic heterocycles. The van der Waals surface area contributed by atoms with Gasteiger partial charge in [-0.15, -0.1) is 0 Å². The van der Waals surface area contributed by atoms with E-state index in [9.17, 15) is 4.79 Å². The van der Waals surface area contributed by atoms with E-state index in [1.54, 1.807) is 0 Å². The van der Waals surface area contributed by atoms with Crippen molar-refractivity contribution in [3.05, 3.63) is 29.3 Å². The molecule has 0 fully saturated rings. The van der Waals surface area contributed by atoms with Crippen molar-refractivity contribution in [2.75, 3.05) is 6.61 Å². The molecule has 0 aliphatic heterocycles. The van der Waals surface area contributed by atoms with E-state index in [1.165, 1.54) is 24.0 Å². The fourth-order valence-corrected chi connectivity index (χ4v) is 1.95. The van der Waals surface area contributed by atoms with Gasteiger partial charge in [0, 0.05) is 0 Å². The monoisotopic (exact) mass is 205 g/mol. The molecule has 0 bridgehead atoms. The molecule has 2 N–H and O–H groups in total. The molecule has 2 rings (SSSR count). The molecule has 1 aliphatic rings. The summed E-state index contributed by atoms with van der Waals surface area (Å²) < 4.78 is 5.26. The van der Waals surface area contributed by atoms with Crippen molar-refractivity contribution in [2.45, 2.75) is 25.7 Å². The van der Waals surface area contributed by atoms with Crippen LogP contribution in [0.1, 0.15) is 24.0 Å². The molecular weight excluding hydrogens is 190 g/mol. The smallest absolute Gasteiger partial charge is 0.255 e. The molecule has 0 spiro atoms. The van der Waals surface area contributed by atoms with Crippen LogP contribution in [0, 0.1) is 0 Å². The maximum atomic E-state index is 10.6. The highest BCUT2D eigenvalue weighted by molar-refractivity contribution is 5.75. The van der Waals surface area contributed by atoms with Gasteiger partial charge >= 0.3 is 0 Å². The Morgan fingerprint density at radius 3 is 2.73 bits per heavy atom. The lowest BCUT2D eigenvalue weighted by molar-refractivity contribution is -0.119. The SMILES string of the molecule is NC(=O)COc1ccc2c(c1)CCCC2. The molecule has 0 saturated heterocycles. The van der Waals surface area contributed by atoms with Crippen molar-refractivity contribution >= 4 is 5.91 Å². The summed E-state index contributed by atoms with van der Waals surface area (Å²) in [5.41, 5.74) is 7.77. The van der Waals surface area contributed by atoms with Crippen LogP contribution in [0.3, 0.4) is 0 Å². The third kappa shape index (κ3) is 2.49. The molecule has 0 heterocycles. The molecule has 0 unspecified atom stereocenters. The van der Waals surface area contributed by atoms with E-state index in [0.29, 0.717) is 0 Å². The van der Waals surface area contributed by atoms with Gasteiger partial charge in [-0.05, 0) is 48.9 Å². The number of amides is 1. The molecule has 0 saturated carbocycles. The zero-order chi connectivity index (χ0) is 10.7. The van der Waals surface area contributed by atoms with Crippen molar-refractivity contribution in [1.29, 1.82) is 0 Å². The maximum Gasteiger partial charge on any atom is 0.255 e. The first kappa shape index (κ1) is 10.0. The number of ether oxygens (including phenoxy) is 1. The van der Waals surface area contributed by atoms with Crippen molar-refractivity contribution in [3.8, 4) is 5.75 Å². The molecule has 3 nitrogen and oxygen atoms in total. The largest absolute Gasteiger partial charge is 0.484 e. The van der Waals surface area contributed by atoms with Crippen LogP contribution in [0.4, 0.5) is 0 Å². The van der Waals surface area contributed by atoms with E-state index in [1.807, 2.05) is 12.1 Å². The predicted molar refractivity (Wildman–Crippen MR) is 57.8 cm³/mol. The summed E-state index contributed by atoms with van der Waals surface area (Å²) in [7, 11) is 0. The molecular formula is C12H15NO2. The van der Waals surface area contributed by atoms with E-state index < -0.39 is 5.91 Å². The minimum Gasteiger partial charge on any atom is -0.484 e. The Hall–Kier alpha value is -1.51. The number of hydrogen-bond acceptors (Lipinski definition) is 2. The number of rotatable bonds is 3. The highest BCUT2D eigenvalue weighted by Gasteiger charge is 2.09. The van der Waals surface area contributed by atoms with Gasteiger partial charge in [0.15, 0.2) is 6.61 Å². The predicted octanol–water partition coefficient (Wildman–Crippen LogP) is 1.43. The summed E-state index contributed by atoms with van der Waals surface area (Å²) in [5, 5.41) is 0. The molecule has 15 heavy (non-hydrogen) atoms. The van der Waals surface area contributed by atoms with Gasteiger partial charge in [-0.1, -0.05) is 6.07 Å². The fraction of sp³-hybridized carbons (Fsp3) is 0.417. The van der Waals surface area contributed by atoms with Crippen molar-refractivity contribution in [3.63, 3.8) is 0 Å². The van der Waals surface area contributed by atoms with Gasteiger partial charge in [0.2, 0.25) is 0 Å². The standard InChI is InChI=1S/C12H15NO2/c13-12(14)8-15-11-6-5-9-3-1-2-4-10(9)7-11/h5-7H,1-4,8H2,(H2,13,14). The van der Waals surface area contributed by atoms with E-state index in [-0.39, 0.29) is 6.61 Å². The number of carbonyl (C=O) groups excluding carboxylic acids is 1. The topological polar surface area (TPSA) is 52.3 Å². The average Bonchev–Trinajstić information content (AvgIpc) is 2.26. The second kappa shape index (κ2) is 4.34. The minimum absolute atomic E-state index is 0.0429. The zero-order valence-electron chi connectivity index (χ0n) is 8.66. The van der Waals surface area contributed by atoms with Crippen LogP contribution < -0.4 is 10.5 Å². The number of nitrogens with two attached hydrogens (primary N) is 1. The lowest BCUT2D eigenvalue weighted by Gasteiger charge is -2.16. The summed E-state index contributed by atoms with van der Waals surface area (Å²) in [4.78, 5) is 10.6. The number of primary amides is 1. The van der Waals surface area contributed by atoms with Gasteiger partial charge in [0.05, 0.1) is 0 Å². The molecule has 3 heteroatoms. The van der Waals surface area contributed by atoms with Crippen molar-refractivity contribution in [2.24, 2.45) is 5.73 Å². The number of benzene rings is 1. The highest BCUT2D eigenvalue weighted by atomic mass is 16.5. The highest BCUT2D eigenvalue weighted by Crippen LogP contribution is 2.25. The van der Waals surface area contributed by atoms with Gasteiger partial charge in [-0.3, -0.25) is 4.79 Å². The quantitative estimate of drug-likeness (QED) is 0.811. The van der Waals surface area contributed by atoms with E-state index in [2.05, 4.69) is 6.07 Å². The Kier molecular flexibility index (Phi) is 2.90. The van der Waals surface area contributed by atoms with Crippen LogP contribution in [0.25, 0.3) is 0 Å². The van der Waals surface area contributed by atoms with Gasteiger partial charge in [0.1, 0.15) is 5.75 Å². The van der Waals surface area contributed by atoms with Crippen LogP contribution in [-0.4, -0.2) is 12.5 Å². The molecule has 1 aromatic rings. The van der Waals surface area contributed by atoms with Gasteiger partial charge in [0.25, 0.3) is 5.91 Å². The summed E-state index contributed by atoms with van der Waals surface area (Å²) >= 11 is 0. The Bertz CT molecular complexity index is 374. The van der Waals surface area contributed by atoms with Crippen molar-refractivity contribution < 1.29 is 9.53 Å². The van der Waals surface area contributed by atoms with E-state index in [4.69, 9.17) is 10.5 Å². The van der Waals surface area contributed by atoms with E-state index in [0.717, 1.165) is 18.6 Å². The second-order valence-electron chi connectivity index (χ2n) is 3.89. The number of hydrogen-bond donors (Lipinski definition) is 1. The van der Waals surface area contributed by atoms with Crippen LogP contribution in [0.15, 0.2) is 18.2 Å². The van der Waals surface area contributed by atoms with Gasteiger partial charge in [-0.2, -0.15) is 0 Å². The lowest BCUT2D eigenvalue weighted by atomic mass is 9.92. The van der Waals surface area contributed by atoms with Crippen LogP contribution in [0.5, 0.6) is 5.75 Å². The summed E-state index contributed by atoms with van der Waals surface area (Å²) in [5.74, 6) is 0.308. The van der Waals surface area contributed by atoms with Gasteiger partial charge in [-0.25, -0.2) is 0 Å². The first-order valence-corrected chi connectivity index (χ1v) is 5.28. The number of aryl methyl sites for hydroxylation is 2. The summed E-state index contributed by atoms with van der Waals surface area (Å²) in [6, 6.07) is 6.02. The van der Waals surface area contributed by atoms with E-state index >= 15 is 0 Å². The fourth-order valence-electron chi connectivity index (χ4n) is 1.95. The zero-order valence-corrected chi connectivity index (χ0v) is 8.66. The van der Waals surface area contributed by atoms with Gasteiger partial charge < -0.3 is 10.5 Å².